The topological polar surface area (TPSA) is 77.9 Å². The van der Waals surface area contributed by atoms with Crippen LogP contribution in [0.15, 0.2) is 29.4 Å². The number of nitrogens with one attached hydrogen (secondary N) is 1. The highest BCUT2D eigenvalue weighted by Gasteiger charge is 2.14. The van der Waals surface area contributed by atoms with Crippen molar-refractivity contribution >= 4 is 11.6 Å². The first-order valence-electron chi connectivity index (χ1n) is 5.65. The predicted molar refractivity (Wildman–Crippen MR) is 67.7 cm³/mol. The molecule has 0 heterocycles. The lowest BCUT2D eigenvalue weighted by atomic mass is 10.1. The number of nitrogens with zero attached hydrogens (tertiary/aromatic N) is 3. The van der Waals surface area contributed by atoms with E-state index in [1.54, 1.807) is 6.92 Å². The minimum Gasteiger partial charge on any atom is -0.326 e. The first kappa shape index (κ1) is 13.1. The maximum Gasteiger partial charge on any atom is 0.233 e. The minimum absolute atomic E-state index is 0.269. The molecule has 1 amide bonds. The number of hydrogen-bond acceptors (Lipinski definition) is 2. The van der Waals surface area contributed by atoms with Crippen LogP contribution in [0.25, 0.3) is 10.4 Å². The highest BCUT2D eigenvalue weighted by molar-refractivity contribution is 5.94. The van der Waals surface area contributed by atoms with Crippen LogP contribution in [0.5, 0.6) is 0 Å². The average Bonchev–Trinajstić information content (AvgIpc) is 2.36. The molecular weight excluding hydrogens is 216 g/mol. The van der Waals surface area contributed by atoms with E-state index in [2.05, 4.69) is 22.3 Å². The summed E-state index contributed by atoms with van der Waals surface area (Å²) in [6, 6.07) is 6.97. The van der Waals surface area contributed by atoms with Gasteiger partial charge in [0.2, 0.25) is 5.91 Å². The van der Waals surface area contributed by atoms with Gasteiger partial charge < -0.3 is 5.32 Å². The van der Waals surface area contributed by atoms with Crippen molar-refractivity contribution in [3.8, 4) is 0 Å². The van der Waals surface area contributed by atoms with Gasteiger partial charge in [0.1, 0.15) is 6.04 Å². The van der Waals surface area contributed by atoms with Gasteiger partial charge in [-0.15, -0.1) is 0 Å². The van der Waals surface area contributed by atoms with Crippen LogP contribution in [-0.4, -0.2) is 11.9 Å². The van der Waals surface area contributed by atoms with Gasteiger partial charge in [-0.2, -0.15) is 0 Å². The fraction of sp³-hybridized carbons (Fsp3) is 0.417. The molecule has 0 aliphatic rings. The molecule has 0 radical (unpaired) electrons. The number of anilines is 1. The summed E-state index contributed by atoms with van der Waals surface area (Å²) in [6.45, 7) is 3.88. The second kappa shape index (κ2) is 6.55. The van der Waals surface area contributed by atoms with Crippen LogP contribution in [0.1, 0.15) is 25.8 Å². The highest BCUT2D eigenvalue weighted by Crippen LogP contribution is 2.11. The summed E-state index contributed by atoms with van der Waals surface area (Å²) in [5.41, 5.74) is 10.3. The average molecular weight is 232 g/mol. The molecule has 0 aliphatic carbocycles. The zero-order valence-electron chi connectivity index (χ0n) is 10.1. The van der Waals surface area contributed by atoms with Crippen LogP contribution in [0.2, 0.25) is 0 Å². The van der Waals surface area contributed by atoms with Crippen molar-refractivity contribution in [2.45, 2.75) is 32.7 Å². The van der Waals surface area contributed by atoms with E-state index in [0.717, 1.165) is 12.1 Å². The fourth-order valence-electron chi connectivity index (χ4n) is 1.43. The number of amides is 1. The SMILES string of the molecule is CCc1ccc(NC(=O)[C@H](CC)N=[N+]=[N-])cc1. The molecule has 0 saturated heterocycles. The number of aryl methyl sites for hydroxylation is 1. The molecule has 90 valence electrons. The van der Waals surface area contributed by atoms with Crippen molar-refractivity contribution in [3.05, 3.63) is 40.3 Å². The molecule has 1 N–H and O–H groups in total. The van der Waals surface area contributed by atoms with Gasteiger partial charge in [0.15, 0.2) is 0 Å². The molecule has 0 saturated carbocycles. The molecular formula is C12H16N4O. The maximum absolute atomic E-state index is 11.7. The predicted octanol–water partition coefficient (Wildman–Crippen LogP) is 3.28. The van der Waals surface area contributed by atoms with Crippen LogP contribution in [0.4, 0.5) is 5.69 Å². The Kier molecular flexibility index (Phi) is 5.04. The van der Waals surface area contributed by atoms with Crippen LogP contribution in [-0.2, 0) is 11.2 Å². The third-order valence-electron chi connectivity index (χ3n) is 2.51. The van der Waals surface area contributed by atoms with Gasteiger partial charge in [-0.05, 0) is 36.1 Å². The van der Waals surface area contributed by atoms with Crippen molar-refractivity contribution in [3.63, 3.8) is 0 Å². The smallest absolute Gasteiger partial charge is 0.233 e. The Labute approximate surface area is 100 Å². The summed E-state index contributed by atoms with van der Waals surface area (Å²) in [5.74, 6) is -0.269. The minimum atomic E-state index is -0.647. The van der Waals surface area contributed by atoms with E-state index < -0.39 is 6.04 Å². The molecule has 0 bridgehead atoms. The molecule has 5 heteroatoms. The molecule has 0 fully saturated rings. The molecule has 17 heavy (non-hydrogen) atoms. The monoisotopic (exact) mass is 232 g/mol. The number of benzene rings is 1. The highest BCUT2D eigenvalue weighted by atomic mass is 16.2. The molecule has 1 aromatic carbocycles. The van der Waals surface area contributed by atoms with Crippen molar-refractivity contribution in [1.82, 2.24) is 0 Å². The van der Waals surface area contributed by atoms with Gasteiger partial charge in [0, 0.05) is 10.6 Å². The van der Waals surface area contributed by atoms with E-state index in [1.807, 2.05) is 24.3 Å². The van der Waals surface area contributed by atoms with Gasteiger partial charge in [-0.1, -0.05) is 31.1 Å². The van der Waals surface area contributed by atoms with Crippen molar-refractivity contribution in [2.75, 3.05) is 5.32 Å². The normalized spacial score (nSPS) is 11.4. The molecule has 1 rings (SSSR count). The van der Waals surface area contributed by atoms with E-state index in [1.165, 1.54) is 5.56 Å². The number of carbonyl (C=O) groups is 1. The van der Waals surface area contributed by atoms with Gasteiger partial charge in [0.05, 0.1) is 0 Å². The summed E-state index contributed by atoms with van der Waals surface area (Å²) < 4.78 is 0. The Balaban J connectivity index is 2.69. The number of rotatable bonds is 5. The summed E-state index contributed by atoms with van der Waals surface area (Å²) in [4.78, 5) is 14.4. The van der Waals surface area contributed by atoms with E-state index in [0.29, 0.717) is 6.42 Å². The quantitative estimate of drug-likeness (QED) is 0.472. The molecule has 0 unspecified atom stereocenters. The van der Waals surface area contributed by atoms with E-state index in [-0.39, 0.29) is 5.91 Å². The second-order valence-corrected chi connectivity index (χ2v) is 3.67. The lowest BCUT2D eigenvalue weighted by Crippen LogP contribution is -2.25. The molecule has 1 atom stereocenters. The number of carbonyl (C=O) groups excluding carboxylic acids is 1. The molecule has 0 spiro atoms. The standard InChI is InChI=1S/C12H16N4O/c1-3-9-5-7-10(8-6-9)14-12(17)11(4-2)15-16-13/h5-8,11H,3-4H2,1-2H3,(H,14,17)/t11-/m0/s1. The second-order valence-electron chi connectivity index (χ2n) is 3.67. The number of hydrogen-bond donors (Lipinski definition) is 1. The van der Waals surface area contributed by atoms with Crippen molar-refractivity contribution in [2.24, 2.45) is 5.11 Å². The van der Waals surface area contributed by atoms with E-state index in [4.69, 9.17) is 5.53 Å². The van der Waals surface area contributed by atoms with Gasteiger partial charge in [0.25, 0.3) is 0 Å². The maximum atomic E-state index is 11.7. The van der Waals surface area contributed by atoms with E-state index in [9.17, 15) is 4.79 Å². The van der Waals surface area contributed by atoms with Crippen LogP contribution in [0.3, 0.4) is 0 Å². The fourth-order valence-corrected chi connectivity index (χ4v) is 1.43. The first-order chi connectivity index (χ1) is 8.21. The Morgan fingerprint density at radius 2 is 2.06 bits per heavy atom. The third-order valence-corrected chi connectivity index (χ3v) is 2.51. The summed E-state index contributed by atoms with van der Waals surface area (Å²) >= 11 is 0. The molecule has 1 aromatic rings. The van der Waals surface area contributed by atoms with E-state index >= 15 is 0 Å². The molecule has 0 aromatic heterocycles. The lowest BCUT2D eigenvalue weighted by molar-refractivity contribution is -0.117. The zero-order valence-corrected chi connectivity index (χ0v) is 10.1. The van der Waals surface area contributed by atoms with Crippen molar-refractivity contribution in [1.29, 1.82) is 0 Å². The Morgan fingerprint density at radius 1 is 1.41 bits per heavy atom. The van der Waals surface area contributed by atoms with Gasteiger partial charge in [-0.3, -0.25) is 4.79 Å². The summed E-state index contributed by atoms with van der Waals surface area (Å²) in [7, 11) is 0. The zero-order chi connectivity index (χ0) is 12.7. The Hall–Kier alpha value is -2.00. The van der Waals surface area contributed by atoms with Gasteiger partial charge in [-0.25, -0.2) is 0 Å². The Bertz CT molecular complexity index is 421. The molecule has 0 aliphatic heterocycles. The lowest BCUT2D eigenvalue weighted by Gasteiger charge is -2.09. The Morgan fingerprint density at radius 3 is 2.53 bits per heavy atom. The van der Waals surface area contributed by atoms with Crippen LogP contribution >= 0.6 is 0 Å². The summed E-state index contributed by atoms with van der Waals surface area (Å²) in [5, 5.41) is 6.17. The van der Waals surface area contributed by atoms with Crippen LogP contribution in [0, 0.1) is 0 Å². The van der Waals surface area contributed by atoms with Crippen LogP contribution < -0.4 is 5.32 Å². The van der Waals surface area contributed by atoms with Crippen molar-refractivity contribution < 1.29 is 4.79 Å². The molecule has 5 nitrogen and oxygen atoms in total. The van der Waals surface area contributed by atoms with Gasteiger partial charge >= 0.3 is 0 Å². The largest absolute Gasteiger partial charge is 0.326 e. The third kappa shape index (κ3) is 3.81. The summed E-state index contributed by atoms with van der Waals surface area (Å²) in [6.07, 6.45) is 1.45. The number of azide groups is 1. The first-order valence-corrected chi connectivity index (χ1v) is 5.65.